The molecule has 2 heterocycles. The van der Waals surface area contributed by atoms with Gasteiger partial charge in [-0.3, -0.25) is 19.3 Å². The molecule has 10 heteroatoms. The summed E-state index contributed by atoms with van der Waals surface area (Å²) in [6.07, 6.45) is 1.86. The largest absolute Gasteiger partial charge is 0.382 e. The molecule has 1 aliphatic heterocycles. The van der Waals surface area contributed by atoms with E-state index in [1.807, 2.05) is 6.92 Å². The third-order valence-corrected chi connectivity index (χ3v) is 3.65. The maximum atomic E-state index is 12.2. The molecular formula is C15H17ClN4O5. The predicted molar refractivity (Wildman–Crippen MR) is 87.8 cm³/mol. The van der Waals surface area contributed by atoms with Crippen LogP contribution in [0.1, 0.15) is 13.3 Å². The van der Waals surface area contributed by atoms with Crippen LogP contribution in [0.15, 0.2) is 18.3 Å². The van der Waals surface area contributed by atoms with Crippen molar-refractivity contribution in [3.63, 3.8) is 0 Å². The Morgan fingerprint density at radius 2 is 2.00 bits per heavy atom. The molecule has 0 spiro atoms. The average Bonchev–Trinajstić information content (AvgIpc) is 2.78. The first-order valence-electron chi connectivity index (χ1n) is 7.61. The number of hydrogen-bond acceptors (Lipinski definition) is 6. The van der Waals surface area contributed by atoms with E-state index >= 15 is 0 Å². The van der Waals surface area contributed by atoms with Crippen LogP contribution in [-0.2, 0) is 19.1 Å². The standard InChI is InChI=1S/C15H17ClN4O5/c1-2-25-8-4-7-19-13(22)14(23)20(15(19)24)9-11(21)18-10-5-3-6-17-12(10)16/h3,5-6H,2,4,7-9H2,1H3,(H,18,21). The van der Waals surface area contributed by atoms with Crippen LogP contribution >= 0.6 is 11.6 Å². The van der Waals surface area contributed by atoms with Crippen LogP contribution in [-0.4, -0.2) is 64.8 Å². The SMILES string of the molecule is CCOCCCN1C(=O)C(=O)N(CC(=O)Nc2cccnc2Cl)C1=O. The van der Waals surface area contributed by atoms with Gasteiger partial charge in [0.2, 0.25) is 5.91 Å². The third-order valence-electron chi connectivity index (χ3n) is 3.34. The maximum Gasteiger partial charge on any atom is 0.334 e. The number of nitrogens with zero attached hydrogens (tertiary/aromatic N) is 3. The molecule has 1 saturated heterocycles. The highest BCUT2D eigenvalue weighted by Gasteiger charge is 2.44. The zero-order valence-corrected chi connectivity index (χ0v) is 14.3. The van der Waals surface area contributed by atoms with Crippen molar-refractivity contribution in [3.8, 4) is 0 Å². The second-order valence-corrected chi connectivity index (χ2v) is 5.43. The summed E-state index contributed by atoms with van der Waals surface area (Å²) in [5.41, 5.74) is 0.244. The van der Waals surface area contributed by atoms with Crippen molar-refractivity contribution >= 4 is 41.0 Å². The van der Waals surface area contributed by atoms with Crippen molar-refractivity contribution in [1.82, 2.24) is 14.8 Å². The van der Waals surface area contributed by atoms with Crippen LogP contribution in [0.4, 0.5) is 10.5 Å². The van der Waals surface area contributed by atoms with Gasteiger partial charge in [-0.05, 0) is 25.5 Å². The van der Waals surface area contributed by atoms with Crippen molar-refractivity contribution in [2.45, 2.75) is 13.3 Å². The molecule has 134 valence electrons. The van der Waals surface area contributed by atoms with E-state index < -0.39 is 30.3 Å². The summed E-state index contributed by atoms with van der Waals surface area (Å²) in [6, 6.07) is 2.27. The summed E-state index contributed by atoms with van der Waals surface area (Å²) in [6.45, 7) is 2.17. The van der Waals surface area contributed by atoms with Gasteiger partial charge in [0, 0.05) is 26.0 Å². The van der Waals surface area contributed by atoms with E-state index in [0.717, 1.165) is 4.90 Å². The molecule has 0 aliphatic carbocycles. The molecule has 0 atom stereocenters. The lowest BCUT2D eigenvalue weighted by Gasteiger charge is -2.15. The number of hydrogen-bond donors (Lipinski definition) is 1. The summed E-state index contributed by atoms with van der Waals surface area (Å²) < 4.78 is 5.13. The second kappa shape index (κ2) is 8.54. The van der Waals surface area contributed by atoms with Crippen molar-refractivity contribution in [2.24, 2.45) is 0 Å². The Morgan fingerprint density at radius 3 is 2.68 bits per heavy atom. The fourth-order valence-electron chi connectivity index (χ4n) is 2.17. The van der Waals surface area contributed by atoms with Gasteiger partial charge in [-0.2, -0.15) is 0 Å². The van der Waals surface area contributed by atoms with Crippen LogP contribution in [0, 0.1) is 0 Å². The summed E-state index contributed by atoms with van der Waals surface area (Å²) in [5.74, 6) is -2.65. The van der Waals surface area contributed by atoms with Gasteiger partial charge in [-0.25, -0.2) is 14.7 Å². The van der Waals surface area contributed by atoms with Crippen LogP contribution in [0.2, 0.25) is 5.15 Å². The average molecular weight is 369 g/mol. The predicted octanol–water partition coefficient (Wildman–Crippen LogP) is 0.891. The van der Waals surface area contributed by atoms with Gasteiger partial charge in [-0.15, -0.1) is 0 Å². The molecule has 0 bridgehead atoms. The molecule has 25 heavy (non-hydrogen) atoms. The first kappa shape index (κ1) is 18.8. The fourth-order valence-corrected chi connectivity index (χ4v) is 2.34. The quantitative estimate of drug-likeness (QED) is 0.316. The Hall–Kier alpha value is -2.52. The van der Waals surface area contributed by atoms with Crippen molar-refractivity contribution < 1.29 is 23.9 Å². The molecule has 1 aromatic rings. The monoisotopic (exact) mass is 368 g/mol. The van der Waals surface area contributed by atoms with Gasteiger partial charge in [0.15, 0.2) is 5.15 Å². The molecule has 2 rings (SSSR count). The van der Waals surface area contributed by atoms with Crippen LogP contribution in [0.25, 0.3) is 0 Å². The molecule has 1 N–H and O–H groups in total. The van der Waals surface area contributed by atoms with Gasteiger partial charge in [0.1, 0.15) is 6.54 Å². The normalized spacial score (nSPS) is 14.4. The van der Waals surface area contributed by atoms with E-state index in [4.69, 9.17) is 16.3 Å². The Balaban J connectivity index is 1.96. The number of halogens is 1. The number of anilines is 1. The number of nitrogens with one attached hydrogen (secondary N) is 1. The number of carbonyl (C=O) groups is 4. The minimum atomic E-state index is -1.03. The highest BCUT2D eigenvalue weighted by atomic mass is 35.5. The molecule has 5 amide bonds. The Labute approximate surface area is 148 Å². The second-order valence-electron chi connectivity index (χ2n) is 5.07. The smallest absolute Gasteiger partial charge is 0.334 e. The molecule has 9 nitrogen and oxygen atoms in total. The van der Waals surface area contributed by atoms with Gasteiger partial charge in [0.05, 0.1) is 5.69 Å². The summed E-state index contributed by atoms with van der Waals surface area (Å²) in [4.78, 5) is 53.3. The van der Waals surface area contributed by atoms with Gasteiger partial charge in [0.25, 0.3) is 0 Å². The summed E-state index contributed by atoms with van der Waals surface area (Å²) >= 11 is 5.82. The third kappa shape index (κ3) is 4.52. The van der Waals surface area contributed by atoms with E-state index in [9.17, 15) is 19.2 Å². The first-order chi connectivity index (χ1) is 12.0. The molecule has 0 unspecified atom stereocenters. The fraction of sp³-hybridized carbons (Fsp3) is 0.400. The van der Waals surface area contributed by atoms with Crippen LogP contribution in [0.5, 0.6) is 0 Å². The maximum absolute atomic E-state index is 12.2. The van der Waals surface area contributed by atoms with Gasteiger partial charge >= 0.3 is 17.8 Å². The van der Waals surface area contributed by atoms with Gasteiger partial charge < -0.3 is 10.1 Å². The lowest BCUT2D eigenvalue weighted by molar-refractivity contribution is -0.143. The van der Waals surface area contributed by atoms with E-state index in [1.54, 1.807) is 6.07 Å². The van der Waals surface area contributed by atoms with Crippen molar-refractivity contribution in [3.05, 3.63) is 23.5 Å². The number of imide groups is 2. The topological polar surface area (TPSA) is 109 Å². The van der Waals surface area contributed by atoms with Crippen LogP contribution < -0.4 is 5.32 Å². The number of aromatic nitrogens is 1. The molecule has 1 aliphatic rings. The summed E-state index contributed by atoms with van der Waals surface area (Å²) in [5, 5.41) is 2.51. The minimum absolute atomic E-state index is 0.0515. The highest BCUT2D eigenvalue weighted by molar-refractivity contribution is 6.45. The minimum Gasteiger partial charge on any atom is -0.382 e. The summed E-state index contributed by atoms with van der Waals surface area (Å²) in [7, 11) is 0. The van der Waals surface area contributed by atoms with Crippen molar-refractivity contribution in [1.29, 1.82) is 0 Å². The van der Waals surface area contributed by atoms with Crippen molar-refractivity contribution in [2.75, 3.05) is 31.6 Å². The van der Waals surface area contributed by atoms with E-state index in [2.05, 4.69) is 10.3 Å². The highest BCUT2D eigenvalue weighted by Crippen LogP contribution is 2.18. The number of urea groups is 1. The molecular weight excluding hydrogens is 352 g/mol. The zero-order valence-electron chi connectivity index (χ0n) is 13.5. The lowest BCUT2D eigenvalue weighted by atomic mass is 10.4. The Bertz CT molecular complexity index is 696. The van der Waals surface area contributed by atoms with E-state index in [0.29, 0.717) is 24.5 Å². The first-order valence-corrected chi connectivity index (χ1v) is 7.99. The molecule has 1 aromatic heterocycles. The van der Waals surface area contributed by atoms with Gasteiger partial charge in [-0.1, -0.05) is 11.6 Å². The number of ether oxygens (including phenoxy) is 1. The van der Waals surface area contributed by atoms with E-state index in [-0.39, 0.29) is 17.4 Å². The molecule has 0 radical (unpaired) electrons. The lowest BCUT2D eigenvalue weighted by Crippen LogP contribution is -2.39. The molecule has 0 saturated carbocycles. The molecule has 1 fully saturated rings. The Morgan fingerprint density at radius 1 is 1.28 bits per heavy atom. The zero-order chi connectivity index (χ0) is 18.4. The number of amides is 5. The van der Waals surface area contributed by atoms with Crippen LogP contribution in [0.3, 0.4) is 0 Å². The number of pyridine rings is 1. The number of rotatable bonds is 8. The number of carbonyl (C=O) groups excluding carboxylic acids is 4. The van der Waals surface area contributed by atoms with E-state index in [1.165, 1.54) is 12.3 Å². The molecule has 0 aromatic carbocycles. The Kier molecular flexibility index (Phi) is 6.43.